The van der Waals surface area contributed by atoms with E-state index in [4.69, 9.17) is 4.74 Å². The number of carboxylic acid groups (broad SMARTS) is 1. The number of carbonyl (C=O) groups excluding carboxylic acids is 1. The van der Waals surface area contributed by atoms with Crippen molar-refractivity contribution in [3.8, 4) is 5.75 Å². The highest BCUT2D eigenvalue weighted by Crippen LogP contribution is 2.32. The zero-order chi connectivity index (χ0) is 23.1. The summed E-state index contributed by atoms with van der Waals surface area (Å²) in [6.45, 7) is 0. The van der Waals surface area contributed by atoms with Crippen LogP contribution in [0.2, 0.25) is 0 Å². The van der Waals surface area contributed by atoms with E-state index in [1.807, 2.05) is 0 Å². The molecule has 0 bridgehead atoms. The number of ether oxygens (including phenoxy) is 1. The predicted octanol–water partition coefficient (Wildman–Crippen LogP) is 4.05. The Morgan fingerprint density at radius 3 is 2.47 bits per heavy atom. The number of aromatic nitrogens is 2. The molecule has 2 aromatic carbocycles. The van der Waals surface area contributed by atoms with Crippen LogP contribution in [0, 0.1) is 5.82 Å². The number of nitrogens with one attached hydrogen (secondary N) is 3. The number of hydrogen-bond acceptors (Lipinski definition) is 4. The molecule has 1 aromatic heterocycles. The fraction of sp³-hybridized carbons (Fsp3) is 0.261. The molecule has 0 unspecified atom stereocenters. The van der Waals surface area contributed by atoms with Gasteiger partial charge in [0.15, 0.2) is 0 Å². The number of H-pyrrole nitrogens is 1. The molecule has 1 aliphatic carbocycles. The van der Waals surface area contributed by atoms with Crippen molar-refractivity contribution < 1.29 is 23.8 Å². The van der Waals surface area contributed by atoms with Crippen LogP contribution in [-0.2, 0) is 0 Å². The lowest BCUT2D eigenvalue weighted by Crippen LogP contribution is -2.43. The maximum absolute atomic E-state index is 12.9. The van der Waals surface area contributed by atoms with E-state index in [1.54, 1.807) is 37.4 Å². The summed E-state index contributed by atoms with van der Waals surface area (Å²) in [5.74, 6) is -1.12. The second-order valence-electron chi connectivity index (χ2n) is 7.22. The average molecular weight is 440 g/mol. The van der Waals surface area contributed by atoms with Crippen LogP contribution in [0.4, 0.5) is 9.18 Å². The number of rotatable bonds is 5. The molecule has 9 heteroatoms. The second-order valence-corrected chi connectivity index (χ2v) is 7.22. The van der Waals surface area contributed by atoms with Crippen LogP contribution in [-0.4, -0.2) is 47.5 Å². The van der Waals surface area contributed by atoms with Crippen molar-refractivity contribution in [3.05, 3.63) is 59.0 Å². The lowest BCUT2D eigenvalue weighted by atomic mass is 9.93. The first kappa shape index (κ1) is 22.8. The molecule has 1 heterocycles. The van der Waals surface area contributed by atoms with Crippen LogP contribution in [0.1, 0.15) is 40.9 Å². The maximum Gasteiger partial charge on any atom is 0.339 e. The molecule has 3 aromatic rings. The molecular weight excluding hydrogens is 415 g/mol. The zero-order valence-electron chi connectivity index (χ0n) is 17.8. The lowest BCUT2D eigenvalue weighted by molar-refractivity contribution is 0.0693. The molecule has 0 spiro atoms. The smallest absolute Gasteiger partial charge is 0.339 e. The van der Waals surface area contributed by atoms with Crippen molar-refractivity contribution in [2.24, 2.45) is 0 Å². The number of halogens is 1. The van der Waals surface area contributed by atoms with Crippen molar-refractivity contribution in [3.63, 3.8) is 0 Å². The number of carbonyl (C=O) groups is 2. The third-order valence-electron chi connectivity index (χ3n) is 5.12. The molecule has 0 saturated heterocycles. The van der Waals surface area contributed by atoms with Gasteiger partial charge in [-0.25, -0.2) is 14.0 Å². The minimum Gasteiger partial charge on any atom is -0.495 e. The van der Waals surface area contributed by atoms with Crippen LogP contribution >= 0.6 is 0 Å². The van der Waals surface area contributed by atoms with Gasteiger partial charge >= 0.3 is 12.0 Å². The highest BCUT2D eigenvalue weighted by Gasteiger charge is 2.18. The van der Waals surface area contributed by atoms with E-state index >= 15 is 0 Å². The van der Waals surface area contributed by atoms with E-state index in [9.17, 15) is 19.1 Å². The second kappa shape index (κ2) is 10.4. The van der Waals surface area contributed by atoms with Crippen molar-refractivity contribution in [1.29, 1.82) is 0 Å². The number of aromatic carboxylic acids is 1. The topological polar surface area (TPSA) is 116 Å². The molecule has 1 fully saturated rings. The Bertz CT molecular complexity index is 1120. The Hall–Kier alpha value is -3.88. The number of urea groups is 1. The first-order valence-electron chi connectivity index (χ1n) is 10.1. The molecular formula is C23H25FN4O4. The first-order chi connectivity index (χ1) is 15.4. The van der Waals surface area contributed by atoms with Gasteiger partial charge in [0.25, 0.3) is 0 Å². The quantitative estimate of drug-likeness (QED) is 0.478. The van der Waals surface area contributed by atoms with Gasteiger partial charge in [-0.05, 0) is 55.2 Å². The summed E-state index contributed by atoms with van der Waals surface area (Å²) >= 11 is 0. The van der Waals surface area contributed by atoms with Gasteiger partial charge in [-0.2, -0.15) is 5.10 Å². The third-order valence-corrected chi connectivity index (χ3v) is 5.12. The number of aromatic amines is 1. The van der Waals surface area contributed by atoms with E-state index in [-0.39, 0.29) is 23.2 Å². The molecule has 4 N–H and O–H groups in total. The third kappa shape index (κ3) is 5.42. The summed E-state index contributed by atoms with van der Waals surface area (Å²) < 4.78 is 18.2. The SMILES string of the molecule is CNC(=O)NC1CCC1.COc1c(C(=O)O)ccc2[nH]nc(/C=C/c3ccc(F)cc3)c12. The molecule has 0 aliphatic heterocycles. The number of amides is 2. The van der Waals surface area contributed by atoms with E-state index < -0.39 is 5.97 Å². The summed E-state index contributed by atoms with van der Waals surface area (Å²) in [7, 11) is 3.05. The van der Waals surface area contributed by atoms with Crippen molar-refractivity contribution in [2.75, 3.05) is 14.2 Å². The number of benzene rings is 2. The standard InChI is InChI=1S/C17H13FN2O3.C6H12N2O/c1-23-16-12(17(21)22)7-9-14-15(16)13(19-20-14)8-4-10-2-5-11(18)6-3-10;1-7-6(9)8-5-3-2-4-5/h2-9H,1H3,(H,19,20)(H,21,22);5H,2-4H2,1H3,(H2,7,8,9)/b8-4+;. The number of fused-ring (bicyclic) bond motifs is 1. The minimum absolute atomic E-state index is 0.0558. The Labute approximate surface area is 184 Å². The van der Waals surface area contributed by atoms with Crippen LogP contribution in [0.25, 0.3) is 23.1 Å². The number of carboxylic acids is 1. The number of methoxy groups -OCH3 is 1. The molecule has 32 heavy (non-hydrogen) atoms. The molecule has 2 amide bonds. The molecule has 1 saturated carbocycles. The zero-order valence-corrected chi connectivity index (χ0v) is 17.8. The lowest BCUT2D eigenvalue weighted by Gasteiger charge is -2.25. The largest absolute Gasteiger partial charge is 0.495 e. The van der Waals surface area contributed by atoms with E-state index in [0.29, 0.717) is 22.6 Å². The summed E-state index contributed by atoms with van der Waals surface area (Å²) in [6, 6.07) is 9.51. The fourth-order valence-electron chi connectivity index (χ4n) is 3.17. The van der Waals surface area contributed by atoms with Gasteiger partial charge in [-0.3, -0.25) is 5.10 Å². The maximum atomic E-state index is 12.9. The van der Waals surface area contributed by atoms with E-state index in [1.165, 1.54) is 31.7 Å². The Morgan fingerprint density at radius 2 is 1.91 bits per heavy atom. The Morgan fingerprint density at radius 1 is 1.19 bits per heavy atom. The van der Waals surface area contributed by atoms with Crippen molar-refractivity contribution in [2.45, 2.75) is 25.3 Å². The van der Waals surface area contributed by atoms with Gasteiger partial charge in [0.05, 0.1) is 23.7 Å². The van der Waals surface area contributed by atoms with Gasteiger partial charge < -0.3 is 20.5 Å². The Kier molecular flexibility index (Phi) is 7.43. The predicted molar refractivity (Wildman–Crippen MR) is 120 cm³/mol. The van der Waals surface area contributed by atoms with Crippen LogP contribution in [0.15, 0.2) is 36.4 Å². The number of nitrogens with zero attached hydrogens (tertiary/aromatic N) is 1. The van der Waals surface area contributed by atoms with Gasteiger partial charge in [0.2, 0.25) is 0 Å². The van der Waals surface area contributed by atoms with Crippen LogP contribution in [0.5, 0.6) is 5.75 Å². The summed E-state index contributed by atoms with van der Waals surface area (Å²) in [5, 5.41) is 22.2. The summed E-state index contributed by atoms with van der Waals surface area (Å²) in [4.78, 5) is 21.9. The summed E-state index contributed by atoms with van der Waals surface area (Å²) in [6.07, 6.45) is 7.04. The normalized spacial score (nSPS) is 13.2. The van der Waals surface area contributed by atoms with E-state index in [0.717, 1.165) is 18.4 Å². The first-order valence-corrected chi connectivity index (χ1v) is 10.1. The Balaban J connectivity index is 0.000000269. The number of hydrogen-bond donors (Lipinski definition) is 4. The molecule has 168 valence electrons. The fourth-order valence-corrected chi connectivity index (χ4v) is 3.17. The van der Waals surface area contributed by atoms with Gasteiger partial charge in [-0.15, -0.1) is 0 Å². The van der Waals surface area contributed by atoms with E-state index in [2.05, 4.69) is 20.8 Å². The van der Waals surface area contributed by atoms with Gasteiger partial charge in [-0.1, -0.05) is 18.2 Å². The molecule has 1 aliphatic rings. The van der Waals surface area contributed by atoms with Crippen molar-refractivity contribution in [1.82, 2.24) is 20.8 Å². The van der Waals surface area contributed by atoms with Gasteiger partial charge in [0.1, 0.15) is 17.1 Å². The van der Waals surface area contributed by atoms with Crippen molar-refractivity contribution >= 4 is 35.1 Å². The van der Waals surface area contributed by atoms with Crippen LogP contribution in [0.3, 0.4) is 0 Å². The molecule has 8 nitrogen and oxygen atoms in total. The molecule has 0 atom stereocenters. The van der Waals surface area contributed by atoms with Gasteiger partial charge in [0, 0.05) is 13.1 Å². The molecule has 0 radical (unpaired) electrons. The minimum atomic E-state index is -1.07. The highest BCUT2D eigenvalue weighted by molar-refractivity contribution is 6.02. The summed E-state index contributed by atoms with van der Waals surface area (Å²) in [5.41, 5.74) is 2.09. The van der Waals surface area contributed by atoms with Crippen LogP contribution < -0.4 is 15.4 Å². The highest BCUT2D eigenvalue weighted by atomic mass is 19.1. The molecule has 4 rings (SSSR count). The average Bonchev–Trinajstić information content (AvgIpc) is 3.18. The monoisotopic (exact) mass is 440 g/mol.